The van der Waals surface area contributed by atoms with Crippen LogP contribution in [0.2, 0.25) is 25.9 Å². The summed E-state index contributed by atoms with van der Waals surface area (Å²) in [6, 6.07) is 104. The van der Waals surface area contributed by atoms with Crippen LogP contribution in [0.15, 0.2) is 363 Å². The van der Waals surface area contributed by atoms with Crippen molar-refractivity contribution in [3.05, 3.63) is 369 Å². The van der Waals surface area contributed by atoms with Crippen LogP contribution in [0, 0.1) is 5.92 Å². The second-order valence-corrected chi connectivity index (χ2v) is 36.2. The van der Waals surface area contributed by atoms with Gasteiger partial charge in [-0.3, -0.25) is 8.97 Å². The number of allylic oxidation sites excluding steroid dienone is 2. The highest BCUT2D eigenvalue weighted by Crippen LogP contribution is 2.59. The molecule has 5 heterocycles. The highest BCUT2D eigenvalue weighted by atomic mass is 28.4. The maximum atomic E-state index is 11.5. The largest absolute Gasteiger partial charge is 0.486 e. The molecule has 0 saturated carbocycles. The standard InChI is InChI=1S/C92H73N7OSi3/c1-101(2,89-82(64-37-13-5-14-38-64)84(66-41-17-7-18-42-66)94-87(96-89)68-45-21-9-22-46-68)92(102(3,4)90-83(65-39-15-6-16-40-65)85(67-43-19-8-20-44-67)95-88(97-90)69-47-23-10-24-48-69)74-55-29-34-61-80(74)100-86-75(92)56-36-62-81(86)103(71-50-25-11-26-51-71,72-52-27-12-28-53-72)73-54-35-49-70(63-73)98-78-59-32-33-60-79(78)99-77-58-31-30-57-76(77)93-91(98)99/h5-63,75,86H,1-4H3/i1D3,2D3,3D3,4D3. The van der Waals surface area contributed by atoms with E-state index in [0.717, 1.165) is 43.3 Å². The van der Waals surface area contributed by atoms with Crippen LogP contribution in [-0.4, -0.2) is 64.2 Å². The summed E-state index contributed by atoms with van der Waals surface area (Å²) in [5, 5.41) is 1.86. The number of imidazole rings is 2. The highest BCUT2D eigenvalue weighted by Gasteiger charge is 2.70. The van der Waals surface area contributed by atoms with Gasteiger partial charge in [0, 0.05) is 76.7 Å². The Morgan fingerprint density at radius 2 is 0.816 bits per heavy atom. The number of aromatic nitrogens is 7. The fourth-order valence-electron chi connectivity index (χ4n) is 16.4. The SMILES string of the molecule is [2H]C([2H])([2H])[Si](c1nc(-c2ccccc2)nc(-c2ccccc2)c1-c1ccccc1)(C([2H])([2H])[2H])C1([Si](c2nc(-c3ccccc3)nc(-c3ccccc3)c2-c2ccccc2)(C([2H])([2H])[2H])C([2H])([2H])[2H])c2ccccc2OC2C([Si](c3ccccc3)(c3ccccc3)c3cccc(-n4c5ccccc5n5c6ccccc6nc45)c3)=CC=CC21. The summed E-state index contributed by atoms with van der Waals surface area (Å²) in [6.07, 6.45) is 3.75. The fourth-order valence-corrected chi connectivity index (χ4v) is 29.8. The minimum absolute atomic E-state index is 0.0353. The van der Waals surface area contributed by atoms with Gasteiger partial charge in [0.1, 0.15) is 28.0 Å². The minimum Gasteiger partial charge on any atom is -0.486 e. The molecule has 2 unspecified atom stereocenters. The molecule has 0 N–H and O–H groups in total. The number of nitrogens with zero attached hydrogens (tertiary/aromatic N) is 7. The molecule has 494 valence electrons. The molecule has 1 aliphatic heterocycles. The molecular weight excluding hydrogens is 1300 g/mol. The highest BCUT2D eigenvalue weighted by molar-refractivity contribution is 7.16. The van der Waals surface area contributed by atoms with E-state index in [1.165, 1.54) is 0 Å². The van der Waals surface area contributed by atoms with E-state index in [1.807, 2.05) is 103 Å². The molecule has 16 aromatic rings. The minimum atomic E-state index is -7.06. The van der Waals surface area contributed by atoms with Crippen molar-refractivity contribution in [2.75, 3.05) is 0 Å². The zero-order chi connectivity index (χ0) is 79.3. The topological polar surface area (TPSA) is 83.0 Å². The van der Waals surface area contributed by atoms with Gasteiger partial charge in [-0.25, -0.2) is 24.9 Å². The van der Waals surface area contributed by atoms with Crippen LogP contribution >= 0.6 is 0 Å². The molecule has 103 heavy (non-hydrogen) atoms. The van der Waals surface area contributed by atoms with E-state index in [2.05, 4.69) is 57.5 Å². The molecule has 0 fully saturated rings. The van der Waals surface area contributed by atoms with E-state index in [1.54, 1.807) is 206 Å². The van der Waals surface area contributed by atoms with Crippen molar-refractivity contribution in [3.8, 4) is 79.0 Å². The molecule has 1 aliphatic carbocycles. The molecule has 2 atom stereocenters. The molecule has 2 aliphatic rings. The molecule has 12 aromatic carbocycles. The monoisotopic (exact) mass is 1390 g/mol. The van der Waals surface area contributed by atoms with Crippen molar-refractivity contribution in [2.24, 2.45) is 5.92 Å². The Labute approximate surface area is 620 Å². The first-order valence-electron chi connectivity index (χ1n) is 40.6. The van der Waals surface area contributed by atoms with Crippen LogP contribution in [0.5, 0.6) is 5.75 Å². The molecule has 8 nitrogen and oxygen atoms in total. The van der Waals surface area contributed by atoms with Crippen molar-refractivity contribution >= 4 is 78.3 Å². The van der Waals surface area contributed by atoms with Gasteiger partial charge in [-0.15, -0.1) is 0 Å². The third kappa shape index (κ3) is 10.1. The molecule has 0 amide bonds. The molecular formula is C92H73N7OSi3. The average molecular weight is 1390 g/mol. The Hall–Kier alpha value is -12.0. The van der Waals surface area contributed by atoms with Gasteiger partial charge in [0.2, 0.25) is 5.78 Å². The lowest BCUT2D eigenvalue weighted by Crippen LogP contribution is -2.81. The quantitative estimate of drug-likeness (QED) is 0.0751. The second-order valence-electron chi connectivity index (χ2n) is 26.4. The van der Waals surface area contributed by atoms with Crippen molar-refractivity contribution in [1.29, 1.82) is 0 Å². The summed E-state index contributed by atoms with van der Waals surface area (Å²) < 4.78 is 147. The van der Waals surface area contributed by atoms with Gasteiger partial charge in [-0.2, -0.15) is 0 Å². The lowest BCUT2D eigenvalue weighted by atomic mass is 9.86. The molecule has 18 rings (SSSR count). The van der Waals surface area contributed by atoms with Gasteiger partial charge in [0.15, 0.2) is 19.7 Å². The molecule has 0 saturated heterocycles. The zero-order valence-corrected chi connectivity index (χ0v) is 58.8. The number of para-hydroxylation sites is 5. The third-order valence-corrected chi connectivity index (χ3v) is 33.6. The summed E-state index contributed by atoms with van der Waals surface area (Å²) in [5.41, 5.74) is 6.23. The first kappa shape index (κ1) is 51.2. The Kier molecular flexibility index (Phi) is 12.7. The van der Waals surface area contributed by atoms with Crippen molar-refractivity contribution < 1.29 is 21.2 Å². The molecule has 4 aromatic heterocycles. The van der Waals surface area contributed by atoms with Crippen LogP contribution in [0.4, 0.5) is 0 Å². The lowest BCUT2D eigenvalue weighted by Gasteiger charge is -2.62. The summed E-state index contributed by atoms with van der Waals surface area (Å²) in [7, 11) is -18.5. The molecule has 0 spiro atoms. The van der Waals surface area contributed by atoms with Crippen molar-refractivity contribution in [2.45, 2.75) is 36.7 Å². The van der Waals surface area contributed by atoms with E-state index in [9.17, 15) is 16.4 Å². The third-order valence-electron chi connectivity index (χ3n) is 20.8. The maximum Gasteiger partial charge on any atom is 0.220 e. The smallest absolute Gasteiger partial charge is 0.220 e. The van der Waals surface area contributed by atoms with Crippen LogP contribution < -0.4 is 30.9 Å². The van der Waals surface area contributed by atoms with E-state index in [-0.39, 0.29) is 56.6 Å². The fraction of sp³-hybridized carbons (Fsp3) is 0.0761. The Morgan fingerprint density at radius 3 is 1.33 bits per heavy atom. The Balaban J connectivity index is 1.09. The average Bonchev–Trinajstić information content (AvgIpc) is 1.06. The van der Waals surface area contributed by atoms with Gasteiger partial charge in [-0.05, 0) is 79.9 Å². The summed E-state index contributed by atoms with van der Waals surface area (Å²) in [5.74, 6) is -1.60. The number of rotatable bonds is 15. The normalized spacial score (nSPS) is 17.2. The van der Waals surface area contributed by atoms with Crippen LogP contribution in [0.1, 0.15) is 22.0 Å². The maximum absolute atomic E-state index is 11.5. The predicted molar refractivity (Wildman–Crippen MR) is 431 cm³/mol. The molecule has 11 heteroatoms. The Morgan fingerprint density at radius 1 is 0.388 bits per heavy atom. The number of benzene rings is 12. The zero-order valence-electron chi connectivity index (χ0n) is 67.8. The number of hydrogen-bond donors (Lipinski definition) is 0. The summed E-state index contributed by atoms with van der Waals surface area (Å²) >= 11 is 0. The van der Waals surface area contributed by atoms with Gasteiger partial charge < -0.3 is 4.74 Å². The molecule has 0 radical (unpaired) electrons. The molecule has 0 bridgehead atoms. The first-order valence-corrected chi connectivity index (χ1v) is 40.6. The number of ether oxygens (including phenoxy) is 1. The van der Waals surface area contributed by atoms with Gasteiger partial charge >= 0.3 is 0 Å². The van der Waals surface area contributed by atoms with Gasteiger partial charge in [0.25, 0.3) is 0 Å². The van der Waals surface area contributed by atoms with Crippen LogP contribution in [0.3, 0.4) is 0 Å². The van der Waals surface area contributed by atoms with Crippen LogP contribution in [-0.2, 0) is 4.66 Å². The van der Waals surface area contributed by atoms with E-state index < -0.39 is 77.4 Å². The predicted octanol–water partition coefficient (Wildman–Crippen LogP) is 18.1. The number of hydrogen-bond acceptors (Lipinski definition) is 6. The first-order chi connectivity index (χ1) is 55.6. The van der Waals surface area contributed by atoms with E-state index in [0.29, 0.717) is 33.2 Å². The van der Waals surface area contributed by atoms with Crippen molar-refractivity contribution in [3.63, 3.8) is 0 Å². The number of fused-ring (bicyclic) bond motifs is 7. The summed E-state index contributed by atoms with van der Waals surface area (Å²) in [6.45, 7) is -15.9. The Bertz CT molecular complexity index is 6140. The van der Waals surface area contributed by atoms with Crippen LogP contribution in [0.25, 0.3) is 101 Å². The lowest BCUT2D eigenvalue weighted by molar-refractivity contribution is 0.154. The van der Waals surface area contributed by atoms with E-state index in [4.69, 9.17) is 29.7 Å². The van der Waals surface area contributed by atoms with Gasteiger partial charge in [0.05, 0.1) is 33.5 Å². The van der Waals surface area contributed by atoms with Crippen molar-refractivity contribution in [1.82, 2.24) is 33.9 Å². The van der Waals surface area contributed by atoms with Gasteiger partial charge in [-0.1, -0.05) is 341 Å². The second kappa shape index (κ2) is 25.6. The van der Waals surface area contributed by atoms with E-state index >= 15 is 0 Å². The summed E-state index contributed by atoms with van der Waals surface area (Å²) in [4.78, 5) is 27.7.